The standard InChI is InChI=1S/C25H22ClN7O2S/c1-13-7-16(17-8-21(26)29-12-20(17)35-2)18(10-28-13)23(34)33-25-32-22-24(36-25)31-19(11-30-22)15-5-3-14(9-27)4-6-15/h7-8,10-12,14-15H,3-6H2,1-2H3,(H,30,32,33,34). The first-order valence-corrected chi connectivity index (χ1v) is 12.7. The molecule has 0 unspecified atom stereocenters. The average Bonchev–Trinajstić information content (AvgIpc) is 3.30. The third-order valence-corrected chi connectivity index (χ3v) is 7.38. The molecule has 9 nitrogen and oxygen atoms in total. The number of halogens is 1. The number of aromatic nitrogens is 5. The first kappa shape index (κ1) is 24.0. The Labute approximate surface area is 216 Å². The lowest BCUT2D eigenvalue weighted by atomic mass is 9.81. The molecule has 5 rings (SSSR count). The van der Waals surface area contributed by atoms with Gasteiger partial charge in [0.15, 0.2) is 15.6 Å². The third-order valence-electron chi connectivity index (χ3n) is 6.32. The Morgan fingerprint density at radius 1 is 1.11 bits per heavy atom. The van der Waals surface area contributed by atoms with Gasteiger partial charge < -0.3 is 4.74 Å². The Morgan fingerprint density at radius 3 is 2.67 bits per heavy atom. The zero-order valence-corrected chi connectivity index (χ0v) is 21.2. The number of ether oxygens (including phenoxy) is 1. The molecule has 36 heavy (non-hydrogen) atoms. The van der Waals surface area contributed by atoms with E-state index in [-0.39, 0.29) is 22.9 Å². The predicted molar refractivity (Wildman–Crippen MR) is 137 cm³/mol. The average molecular weight is 520 g/mol. The highest BCUT2D eigenvalue weighted by atomic mass is 35.5. The van der Waals surface area contributed by atoms with Gasteiger partial charge in [0.25, 0.3) is 5.91 Å². The fraction of sp³-hybridized carbons (Fsp3) is 0.320. The minimum absolute atomic E-state index is 0.132. The molecule has 182 valence electrons. The van der Waals surface area contributed by atoms with Crippen LogP contribution in [0.3, 0.4) is 0 Å². The molecule has 1 saturated carbocycles. The molecule has 0 aliphatic heterocycles. The normalized spacial score (nSPS) is 17.5. The summed E-state index contributed by atoms with van der Waals surface area (Å²) in [5, 5.41) is 12.7. The van der Waals surface area contributed by atoms with Gasteiger partial charge in [0.1, 0.15) is 10.9 Å². The van der Waals surface area contributed by atoms with Gasteiger partial charge in [0.2, 0.25) is 0 Å². The second kappa shape index (κ2) is 10.1. The van der Waals surface area contributed by atoms with Gasteiger partial charge in [-0.25, -0.2) is 15.0 Å². The van der Waals surface area contributed by atoms with E-state index in [1.54, 1.807) is 18.3 Å². The second-order valence-electron chi connectivity index (χ2n) is 8.65. The maximum atomic E-state index is 13.3. The highest BCUT2D eigenvalue weighted by molar-refractivity contribution is 7.21. The molecule has 0 spiro atoms. The number of amides is 1. The second-order valence-corrected chi connectivity index (χ2v) is 10.0. The van der Waals surface area contributed by atoms with Gasteiger partial charge in [-0.2, -0.15) is 10.2 Å². The van der Waals surface area contributed by atoms with Gasteiger partial charge in [-0.05, 0) is 44.7 Å². The lowest BCUT2D eigenvalue weighted by molar-refractivity contribution is 0.102. The van der Waals surface area contributed by atoms with Crippen LogP contribution in [0.4, 0.5) is 5.13 Å². The van der Waals surface area contributed by atoms with Crippen LogP contribution in [0.15, 0.2) is 30.7 Å². The molecule has 1 aliphatic carbocycles. The van der Waals surface area contributed by atoms with E-state index < -0.39 is 0 Å². The zero-order valence-electron chi connectivity index (χ0n) is 19.7. The molecular formula is C25H22ClN7O2S. The Bertz CT molecular complexity index is 1490. The number of pyridine rings is 2. The van der Waals surface area contributed by atoms with Crippen LogP contribution in [0, 0.1) is 24.2 Å². The first-order chi connectivity index (χ1) is 17.4. The summed E-state index contributed by atoms with van der Waals surface area (Å²) in [5.74, 6) is 0.535. The van der Waals surface area contributed by atoms with E-state index >= 15 is 0 Å². The number of methoxy groups -OCH3 is 1. The lowest BCUT2D eigenvalue weighted by Gasteiger charge is -2.23. The number of fused-ring (bicyclic) bond motifs is 1. The van der Waals surface area contributed by atoms with Crippen LogP contribution in [0.25, 0.3) is 21.6 Å². The summed E-state index contributed by atoms with van der Waals surface area (Å²) in [4.78, 5) is 36.0. The van der Waals surface area contributed by atoms with Gasteiger partial charge in [-0.15, -0.1) is 0 Å². The summed E-state index contributed by atoms with van der Waals surface area (Å²) >= 11 is 7.41. The quantitative estimate of drug-likeness (QED) is 0.339. The van der Waals surface area contributed by atoms with E-state index in [4.69, 9.17) is 26.6 Å². The number of aryl methyl sites for hydroxylation is 1. The van der Waals surface area contributed by atoms with Gasteiger partial charge >= 0.3 is 0 Å². The summed E-state index contributed by atoms with van der Waals surface area (Å²) in [6.07, 6.45) is 8.40. The highest BCUT2D eigenvalue weighted by Crippen LogP contribution is 2.36. The molecule has 1 N–H and O–H groups in total. The Kier molecular flexibility index (Phi) is 6.76. The number of rotatable bonds is 5. The van der Waals surface area contributed by atoms with Crippen molar-refractivity contribution < 1.29 is 9.53 Å². The molecule has 0 saturated heterocycles. The van der Waals surface area contributed by atoms with E-state index in [1.165, 1.54) is 30.8 Å². The van der Waals surface area contributed by atoms with E-state index in [9.17, 15) is 4.79 Å². The van der Waals surface area contributed by atoms with Crippen LogP contribution in [0.2, 0.25) is 5.15 Å². The third kappa shape index (κ3) is 4.85. The van der Waals surface area contributed by atoms with Gasteiger partial charge in [-0.1, -0.05) is 22.9 Å². The molecule has 4 aromatic rings. The predicted octanol–water partition coefficient (Wildman–Crippen LogP) is 5.56. The van der Waals surface area contributed by atoms with Crippen molar-refractivity contribution in [1.82, 2.24) is 24.9 Å². The topological polar surface area (TPSA) is 127 Å². The fourth-order valence-electron chi connectivity index (χ4n) is 4.42. The SMILES string of the molecule is COc1cnc(Cl)cc1-c1cc(C)ncc1C(=O)Nc1nc2ncc(C3CCC(C#N)CC3)nc2s1. The number of anilines is 1. The molecule has 0 atom stereocenters. The fourth-order valence-corrected chi connectivity index (χ4v) is 5.38. The number of nitriles is 1. The summed E-state index contributed by atoms with van der Waals surface area (Å²) in [5.41, 5.74) is 3.73. The maximum Gasteiger partial charge on any atom is 0.259 e. The molecule has 1 aliphatic rings. The summed E-state index contributed by atoms with van der Waals surface area (Å²) < 4.78 is 5.44. The molecule has 1 amide bonds. The van der Waals surface area contributed by atoms with Crippen LogP contribution < -0.4 is 10.1 Å². The van der Waals surface area contributed by atoms with Crippen molar-refractivity contribution in [1.29, 1.82) is 5.26 Å². The number of hydrogen-bond donors (Lipinski definition) is 1. The van der Waals surface area contributed by atoms with Crippen molar-refractivity contribution in [2.75, 3.05) is 12.4 Å². The molecule has 4 aromatic heterocycles. The molecule has 1 fully saturated rings. The number of nitrogens with one attached hydrogen (secondary N) is 1. The van der Waals surface area contributed by atoms with E-state index in [1.807, 2.05) is 6.92 Å². The Hall–Kier alpha value is -3.68. The monoisotopic (exact) mass is 519 g/mol. The first-order valence-electron chi connectivity index (χ1n) is 11.5. The minimum atomic E-state index is -0.374. The summed E-state index contributed by atoms with van der Waals surface area (Å²) in [6.45, 7) is 1.84. The number of hydrogen-bond acceptors (Lipinski definition) is 9. The Morgan fingerprint density at radius 2 is 1.92 bits per heavy atom. The summed E-state index contributed by atoms with van der Waals surface area (Å²) in [7, 11) is 1.53. The van der Waals surface area contributed by atoms with E-state index in [2.05, 4.69) is 31.3 Å². The van der Waals surface area contributed by atoms with Gasteiger partial charge in [-0.3, -0.25) is 15.1 Å². The molecular weight excluding hydrogens is 498 g/mol. The molecule has 11 heteroatoms. The van der Waals surface area contributed by atoms with Crippen LogP contribution >= 0.6 is 22.9 Å². The smallest absolute Gasteiger partial charge is 0.259 e. The van der Waals surface area contributed by atoms with Crippen LogP contribution in [-0.2, 0) is 0 Å². The van der Waals surface area contributed by atoms with Gasteiger partial charge in [0, 0.05) is 34.9 Å². The van der Waals surface area contributed by atoms with Crippen molar-refractivity contribution in [3.05, 3.63) is 52.8 Å². The van der Waals surface area contributed by atoms with E-state index in [0.717, 1.165) is 37.1 Å². The molecule has 4 heterocycles. The lowest BCUT2D eigenvalue weighted by Crippen LogP contribution is -2.14. The number of carbonyl (C=O) groups excluding carboxylic acids is 1. The van der Waals surface area contributed by atoms with Crippen molar-refractivity contribution in [2.24, 2.45) is 5.92 Å². The summed E-state index contributed by atoms with van der Waals surface area (Å²) in [6, 6.07) is 5.82. The minimum Gasteiger partial charge on any atom is -0.494 e. The van der Waals surface area contributed by atoms with Crippen molar-refractivity contribution in [3.63, 3.8) is 0 Å². The number of thiazole rings is 1. The van der Waals surface area contributed by atoms with Crippen molar-refractivity contribution in [3.8, 4) is 22.9 Å². The number of carbonyl (C=O) groups is 1. The van der Waals surface area contributed by atoms with Crippen LogP contribution in [0.1, 0.15) is 53.3 Å². The van der Waals surface area contributed by atoms with Gasteiger partial charge in [0.05, 0.1) is 36.8 Å². The van der Waals surface area contributed by atoms with Crippen LogP contribution in [-0.4, -0.2) is 37.9 Å². The van der Waals surface area contributed by atoms with Crippen molar-refractivity contribution in [2.45, 2.75) is 38.5 Å². The zero-order chi connectivity index (χ0) is 25.2. The number of nitrogens with zero attached hydrogens (tertiary/aromatic N) is 6. The largest absolute Gasteiger partial charge is 0.494 e. The Balaban J connectivity index is 1.41. The molecule has 0 radical (unpaired) electrons. The molecule has 0 bridgehead atoms. The maximum absolute atomic E-state index is 13.3. The van der Waals surface area contributed by atoms with Crippen LogP contribution in [0.5, 0.6) is 5.75 Å². The van der Waals surface area contributed by atoms with E-state index in [0.29, 0.717) is 38.0 Å². The molecule has 0 aromatic carbocycles. The highest BCUT2D eigenvalue weighted by Gasteiger charge is 2.24. The van der Waals surface area contributed by atoms with Crippen molar-refractivity contribution >= 4 is 44.5 Å².